The van der Waals surface area contributed by atoms with Crippen LogP contribution in [0.3, 0.4) is 0 Å². The van der Waals surface area contributed by atoms with E-state index < -0.39 is 37.9 Å². The molecule has 164 valence electrons. The van der Waals surface area contributed by atoms with E-state index in [9.17, 15) is 0 Å². The van der Waals surface area contributed by atoms with Crippen molar-refractivity contribution in [1.29, 1.82) is 0 Å². The van der Waals surface area contributed by atoms with Crippen molar-refractivity contribution < 1.29 is 12.6 Å². The molecule has 0 N–H and O–H groups in total. The number of hydrogen-bond donors (Lipinski definition) is 0. The summed E-state index contributed by atoms with van der Waals surface area (Å²) in [6.07, 6.45) is 0. The second kappa shape index (κ2) is 11.5. The first-order valence-electron chi connectivity index (χ1n) is 10.7. The van der Waals surface area contributed by atoms with E-state index in [0.29, 0.717) is 0 Å². The van der Waals surface area contributed by atoms with E-state index in [1.54, 1.807) is 0 Å². The second-order valence-electron chi connectivity index (χ2n) is 8.12. The Balaban J connectivity index is 1.71. The van der Waals surface area contributed by atoms with Crippen LogP contribution in [0.1, 0.15) is 33.4 Å². The topological polar surface area (TPSA) is 27.7 Å². The van der Waals surface area contributed by atoms with Gasteiger partial charge in [-0.3, -0.25) is 0 Å². The van der Waals surface area contributed by atoms with Crippen LogP contribution in [0.4, 0.5) is 0 Å². The summed E-state index contributed by atoms with van der Waals surface area (Å²) in [5.41, 5.74) is 7.95. The van der Waals surface area contributed by atoms with Gasteiger partial charge in [-0.2, -0.15) is 0 Å². The normalized spacial score (nSPS) is 13.4. The van der Waals surface area contributed by atoms with Crippen LogP contribution in [-0.2, 0) is 12.6 Å². The van der Waals surface area contributed by atoms with Crippen molar-refractivity contribution in [1.82, 2.24) is 0 Å². The Morgan fingerprint density at radius 1 is 0.484 bits per heavy atom. The lowest BCUT2D eigenvalue weighted by molar-refractivity contribution is 0.425. The molecule has 0 bridgehead atoms. The average Bonchev–Trinajstić information content (AvgIpc) is 2.75. The quantitative estimate of drug-likeness (QED) is 0.345. The third-order valence-corrected chi connectivity index (χ3v) is 13.4. The zero-order chi connectivity index (χ0) is 22.4. The van der Waals surface area contributed by atoms with Crippen molar-refractivity contribution in [3.8, 4) is 0 Å². The molecule has 0 aromatic heterocycles. The zero-order valence-electron chi connectivity index (χ0n) is 19.5. The molecule has 7 heteroatoms. The average molecular weight is 485 g/mol. The largest absolute Gasteiger partial charge is 0.358 e. The van der Waals surface area contributed by atoms with Crippen molar-refractivity contribution in [2.45, 2.75) is 41.5 Å². The van der Waals surface area contributed by atoms with Crippen molar-refractivity contribution in [3.05, 3.63) is 88.0 Å². The smallest absolute Gasteiger partial charge is 0.299 e. The predicted molar refractivity (Wildman–Crippen MR) is 142 cm³/mol. The Kier molecular flexibility index (Phi) is 8.98. The van der Waals surface area contributed by atoms with Crippen LogP contribution in [-0.4, -0.2) is 29.3 Å². The highest BCUT2D eigenvalue weighted by Gasteiger charge is 2.16. The third-order valence-electron chi connectivity index (χ3n) is 6.13. The van der Waals surface area contributed by atoms with Gasteiger partial charge < -0.3 is 12.6 Å². The fraction of sp³-hybridized carbons (Fsp3) is 0.250. The van der Waals surface area contributed by atoms with Gasteiger partial charge in [-0.05, 0) is 90.5 Å². The summed E-state index contributed by atoms with van der Waals surface area (Å²) in [6.45, 7) is 13.0. The van der Waals surface area contributed by atoms with Crippen LogP contribution < -0.4 is 15.6 Å². The summed E-state index contributed by atoms with van der Waals surface area (Å²) in [5, 5.41) is 4.00. The maximum absolute atomic E-state index is 6.38. The predicted octanol–water partition coefficient (Wildman–Crippen LogP) is 2.34. The number of rotatable bonds is 9. The summed E-state index contributed by atoms with van der Waals surface area (Å²) in [5.74, 6) is 0. The molecule has 0 saturated heterocycles. The molecule has 0 heterocycles. The second-order valence-corrected chi connectivity index (χ2v) is 14.8. The molecule has 0 aliphatic carbocycles. The lowest BCUT2D eigenvalue weighted by Gasteiger charge is -2.20. The molecule has 3 nitrogen and oxygen atoms in total. The van der Waals surface area contributed by atoms with E-state index in [4.69, 9.17) is 12.6 Å². The molecule has 0 radical (unpaired) electrons. The highest BCUT2D eigenvalue weighted by atomic mass is 31.2. The number of benzene rings is 3. The van der Waals surface area contributed by atoms with E-state index in [-0.39, 0.29) is 0 Å². The first-order valence-corrected chi connectivity index (χ1v) is 15.7. The minimum Gasteiger partial charge on any atom is -0.358 e. The zero-order valence-corrected chi connectivity index (χ0v) is 24.6. The maximum atomic E-state index is 6.38. The first kappa shape index (κ1) is 24.3. The molecule has 0 unspecified atom stereocenters. The Morgan fingerprint density at radius 2 is 0.774 bits per heavy atom. The van der Waals surface area contributed by atoms with Crippen LogP contribution in [0.5, 0.6) is 0 Å². The van der Waals surface area contributed by atoms with Crippen molar-refractivity contribution in [2.75, 3.05) is 0 Å². The van der Waals surface area contributed by atoms with Crippen LogP contribution in [0, 0.1) is 41.5 Å². The molecule has 31 heavy (non-hydrogen) atoms. The molecule has 0 amide bonds. The minimum absolute atomic E-state index is 0.921. The van der Waals surface area contributed by atoms with E-state index in [0.717, 1.165) is 0 Å². The summed E-state index contributed by atoms with van der Waals surface area (Å²) < 4.78 is 19.1. The minimum atomic E-state index is -1.31. The first-order chi connectivity index (χ1) is 14.9. The number of aryl methyl sites for hydroxylation is 3. The van der Waals surface area contributed by atoms with Crippen LogP contribution in [0.25, 0.3) is 0 Å². The molecule has 0 aliphatic rings. The standard InChI is InChI=1S/C24H33O3PSi3/c1-16-10-7-13-22(19(16)4)29-25-28(26-30-23-14-8-11-17(2)20(23)5)27-31-24-15-9-12-18(3)21(24)6/h7-15H,29-31H2,1-6H3. The van der Waals surface area contributed by atoms with Crippen molar-refractivity contribution in [2.24, 2.45) is 0 Å². The monoisotopic (exact) mass is 484 g/mol. The van der Waals surface area contributed by atoms with Gasteiger partial charge in [0.15, 0.2) is 0 Å². The van der Waals surface area contributed by atoms with Gasteiger partial charge in [-0.15, -0.1) is 0 Å². The number of hydrogen-bond acceptors (Lipinski definition) is 3. The van der Waals surface area contributed by atoms with Crippen molar-refractivity contribution >= 4 is 53.5 Å². The Morgan fingerprint density at radius 3 is 1.06 bits per heavy atom. The lowest BCUT2D eigenvalue weighted by Crippen LogP contribution is -2.25. The Labute approximate surface area is 195 Å². The van der Waals surface area contributed by atoms with E-state index in [1.807, 2.05) is 0 Å². The van der Waals surface area contributed by atoms with Gasteiger partial charge in [0.05, 0.1) is 0 Å². The Bertz CT molecular complexity index is 911. The van der Waals surface area contributed by atoms with Gasteiger partial charge in [0.2, 0.25) is 29.3 Å². The summed E-state index contributed by atoms with van der Waals surface area (Å²) in [6, 6.07) is 19.4. The van der Waals surface area contributed by atoms with E-state index in [1.165, 1.54) is 48.9 Å². The molecule has 3 aromatic rings. The molecular formula is C24H33O3PSi3. The maximum Gasteiger partial charge on any atom is 0.299 e. The molecule has 0 aliphatic heterocycles. The van der Waals surface area contributed by atoms with Gasteiger partial charge in [0, 0.05) is 0 Å². The molecule has 0 atom stereocenters. The van der Waals surface area contributed by atoms with E-state index in [2.05, 4.69) is 96.1 Å². The highest BCUT2D eigenvalue weighted by Crippen LogP contribution is 2.37. The molecule has 0 spiro atoms. The third kappa shape index (κ3) is 6.56. The summed E-state index contributed by atoms with van der Waals surface area (Å²) in [7, 11) is -4.08. The molecular weight excluding hydrogens is 451 g/mol. The fourth-order valence-corrected chi connectivity index (χ4v) is 11.4. The summed E-state index contributed by atoms with van der Waals surface area (Å²) in [4.78, 5) is 0. The molecule has 3 aromatic carbocycles. The van der Waals surface area contributed by atoms with Crippen LogP contribution in [0.2, 0.25) is 0 Å². The highest BCUT2D eigenvalue weighted by molar-refractivity contribution is 7.45. The van der Waals surface area contributed by atoms with E-state index >= 15 is 0 Å². The molecule has 3 rings (SSSR count). The lowest BCUT2D eigenvalue weighted by atomic mass is 10.1. The Hall–Kier alpha value is -1.38. The fourth-order valence-electron chi connectivity index (χ4n) is 3.38. The van der Waals surface area contributed by atoms with Crippen molar-refractivity contribution in [3.63, 3.8) is 0 Å². The van der Waals surface area contributed by atoms with Gasteiger partial charge in [0.1, 0.15) is 0 Å². The summed E-state index contributed by atoms with van der Waals surface area (Å²) >= 11 is 0. The van der Waals surface area contributed by atoms with Gasteiger partial charge >= 0.3 is 0 Å². The molecule has 0 saturated carbocycles. The molecule has 0 fully saturated rings. The van der Waals surface area contributed by atoms with Crippen LogP contribution >= 0.6 is 8.60 Å². The van der Waals surface area contributed by atoms with Crippen LogP contribution in [0.15, 0.2) is 54.6 Å². The van der Waals surface area contributed by atoms with Gasteiger partial charge in [-0.25, -0.2) is 0 Å². The SMILES string of the molecule is Cc1cccc([SiH2]OP(O[SiH2]c2cccc(C)c2C)O[SiH2]c2cccc(C)c2C)c1C. The van der Waals surface area contributed by atoms with Gasteiger partial charge in [-0.1, -0.05) is 54.6 Å². The van der Waals surface area contributed by atoms with Gasteiger partial charge in [0.25, 0.3) is 8.60 Å².